The van der Waals surface area contributed by atoms with E-state index in [2.05, 4.69) is 0 Å². The number of alkyl halides is 3. The van der Waals surface area contributed by atoms with Crippen LogP contribution in [0.15, 0.2) is 0 Å². The second-order valence-corrected chi connectivity index (χ2v) is 4.86. The Hall–Kier alpha value is -0.820. The predicted molar refractivity (Wildman–Crippen MR) is 61.6 cm³/mol. The molecule has 0 saturated carbocycles. The minimum Gasteiger partial charge on any atom is -0.369 e. The van der Waals surface area contributed by atoms with Crippen molar-refractivity contribution in [1.82, 2.24) is 4.90 Å². The Kier molecular flexibility index (Phi) is 4.98. The van der Waals surface area contributed by atoms with Gasteiger partial charge < -0.3 is 11.5 Å². The summed E-state index contributed by atoms with van der Waals surface area (Å²) in [6.45, 7) is 1.78. The van der Waals surface area contributed by atoms with E-state index in [-0.39, 0.29) is 25.6 Å². The number of likely N-dealkylation sites (tertiary alicyclic amines) is 1. The molecule has 1 aliphatic rings. The Balaban J connectivity index is 2.84. The summed E-state index contributed by atoms with van der Waals surface area (Å²) < 4.78 is 38.9. The quantitative estimate of drug-likeness (QED) is 0.793. The van der Waals surface area contributed by atoms with E-state index in [1.54, 1.807) is 6.92 Å². The van der Waals surface area contributed by atoms with Crippen LogP contribution in [-0.4, -0.2) is 42.2 Å². The summed E-state index contributed by atoms with van der Waals surface area (Å²) in [5.41, 5.74) is 10.4. The number of nitrogens with two attached hydrogens (primary N) is 2. The smallest absolute Gasteiger partial charge is 0.369 e. The van der Waals surface area contributed by atoms with Crippen LogP contribution in [0.25, 0.3) is 0 Å². The zero-order chi connectivity index (χ0) is 13.9. The first-order valence-electron chi connectivity index (χ1n) is 6.09. The summed E-state index contributed by atoms with van der Waals surface area (Å²) in [6.07, 6.45) is -3.38. The van der Waals surface area contributed by atoms with E-state index in [0.29, 0.717) is 12.8 Å². The number of hydrogen-bond donors (Lipinski definition) is 2. The largest absolute Gasteiger partial charge is 0.404 e. The zero-order valence-electron chi connectivity index (χ0n) is 10.4. The van der Waals surface area contributed by atoms with Gasteiger partial charge in [0.1, 0.15) is 6.04 Å². The molecule has 18 heavy (non-hydrogen) atoms. The molecule has 0 spiro atoms. The Morgan fingerprint density at radius 3 is 2.50 bits per heavy atom. The van der Waals surface area contributed by atoms with E-state index >= 15 is 0 Å². The van der Waals surface area contributed by atoms with Crippen molar-refractivity contribution in [3.63, 3.8) is 0 Å². The van der Waals surface area contributed by atoms with Crippen LogP contribution < -0.4 is 11.5 Å². The standard InChI is InChI=1S/C11H20F3N3O/c1-7-2-3-8(10(16)18)6-17(7)9(4-5-15)11(12,13)14/h7-9H,2-6,15H2,1H3,(H2,16,18). The molecule has 1 aliphatic heterocycles. The first-order chi connectivity index (χ1) is 8.27. The fraction of sp³-hybridized carbons (Fsp3) is 0.909. The fourth-order valence-electron chi connectivity index (χ4n) is 2.48. The lowest BCUT2D eigenvalue weighted by Crippen LogP contribution is -2.55. The van der Waals surface area contributed by atoms with Crippen LogP contribution in [0.5, 0.6) is 0 Å². The van der Waals surface area contributed by atoms with Gasteiger partial charge in [0.2, 0.25) is 5.91 Å². The van der Waals surface area contributed by atoms with Gasteiger partial charge in [-0.25, -0.2) is 0 Å². The number of piperidine rings is 1. The van der Waals surface area contributed by atoms with Crippen molar-refractivity contribution in [1.29, 1.82) is 0 Å². The second-order valence-electron chi connectivity index (χ2n) is 4.86. The van der Waals surface area contributed by atoms with E-state index in [4.69, 9.17) is 11.5 Å². The summed E-state index contributed by atoms with van der Waals surface area (Å²) in [6, 6.07) is -1.79. The minimum absolute atomic E-state index is 0.0331. The van der Waals surface area contributed by atoms with Gasteiger partial charge in [0, 0.05) is 12.6 Å². The normalized spacial score (nSPS) is 28.1. The summed E-state index contributed by atoms with van der Waals surface area (Å²) >= 11 is 0. The topological polar surface area (TPSA) is 72.4 Å². The number of rotatable bonds is 4. The molecule has 0 bridgehead atoms. The molecule has 0 aromatic carbocycles. The molecular weight excluding hydrogens is 247 g/mol. The third-order valence-corrected chi connectivity index (χ3v) is 3.55. The number of carbonyl (C=O) groups is 1. The lowest BCUT2D eigenvalue weighted by atomic mass is 9.91. The monoisotopic (exact) mass is 267 g/mol. The molecular formula is C11H20F3N3O. The second kappa shape index (κ2) is 5.88. The number of halogens is 3. The molecule has 1 amide bonds. The molecule has 106 valence electrons. The molecule has 7 heteroatoms. The van der Waals surface area contributed by atoms with Gasteiger partial charge in [-0.05, 0) is 32.7 Å². The van der Waals surface area contributed by atoms with Crippen LogP contribution in [0, 0.1) is 5.92 Å². The van der Waals surface area contributed by atoms with Crippen molar-refractivity contribution >= 4 is 5.91 Å². The van der Waals surface area contributed by atoms with E-state index in [9.17, 15) is 18.0 Å². The highest BCUT2D eigenvalue weighted by molar-refractivity contribution is 5.77. The van der Waals surface area contributed by atoms with E-state index in [1.165, 1.54) is 4.90 Å². The number of hydrogen-bond acceptors (Lipinski definition) is 3. The lowest BCUT2D eigenvalue weighted by Gasteiger charge is -2.42. The van der Waals surface area contributed by atoms with Gasteiger partial charge in [-0.2, -0.15) is 13.2 Å². The van der Waals surface area contributed by atoms with Crippen molar-refractivity contribution in [2.24, 2.45) is 17.4 Å². The van der Waals surface area contributed by atoms with Gasteiger partial charge in [-0.1, -0.05) is 0 Å². The molecule has 1 heterocycles. The molecule has 3 unspecified atom stereocenters. The number of nitrogens with zero attached hydrogens (tertiary/aromatic N) is 1. The molecule has 4 nitrogen and oxygen atoms in total. The molecule has 0 aliphatic carbocycles. The Morgan fingerprint density at radius 1 is 1.44 bits per heavy atom. The molecule has 3 atom stereocenters. The van der Waals surface area contributed by atoms with Gasteiger partial charge in [-0.15, -0.1) is 0 Å². The molecule has 1 fully saturated rings. The van der Waals surface area contributed by atoms with Crippen LogP contribution in [-0.2, 0) is 4.79 Å². The zero-order valence-corrected chi connectivity index (χ0v) is 10.4. The first kappa shape index (κ1) is 15.2. The van der Waals surface area contributed by atoms with Crippen molar-refractivity contribution in [3.8, 4) is 0 Å². The van der Waals surface area contributed by atoms with E-state index < -0.39 is 24.0 Å². The summed E-state index contributed by atoms with van der Waals surface area (Å²) in [7, 11) is 0. The molecule has 0 aromatic heterocycles. The molecule has 0 aromatic rings. The highest BCUT2D eigenvalue weighted by atomic mass is 19.4. The van der Waals surface area contributed by atoms with Crippen LogP contribution in [0.3, 0.4) is 0 Å². The van der Waals surface area contributed by atoms with Gasteiger partial charge in [0.15, 0.2) is 0 Å². The van der Waals surface area contributed by atoms with E-state index in [1.807, 2.05) is 0 Å². The minimum atomic E-state index is -4.33. The lowest BCUT2D eigenvalue weighted by molar-refractivity contribution is -0.196. The average Bonchev–Trinajstić information content (AvgIpc) is 2.25. The van der Waals surface area contributed by atoms with Crippen molar-refractivity contribution in [3.05, 3.63) is 0 Å². The maximum atomic E-state index is 13.0. The maximum absolute atomic E-state index is 13.0. The van der Waals surface area contributed by atoms with Gasteiger partial charge in [0.25, 0.3) is 0 Å². The summed E-state index contributed by atoms with van der Waals surface area (Å²) in [5, 5.41) is 0. The predicted octanol–water partition coefficient (Wildman–Crippen LogP) is 0.852. The fourth-order valence-corrected chi connectivity index (χ4v) is 2.48. The first-order valence-corrected chi connectivity index (χ1v) is 6.09. The molecule has 4 N–H and O–H groups in total. The van der Waals surface area contributed by atoms with Crippen molar-refractivity contribution in [2.45, 2.75) is 44.4 Å². The SMILES string of the molecule is CC1CCC(C(N)=O)CN1C(CCN)C(F)(F)F. The highest BCUT2D eigenvalue weighted by Crippen LogP contribution is 2.33. The van der Waals surface area contributed by atoms with Crippen LogP contribution in [0.1, 0.15) is 26.2 Å². The number of primary amides is 1. The third kappa shape index (κ3) is 3.58. The molecule has 1 rings (SSSR count). The summed E-state index contributed by atoms with van der Waals surface area (Å²) in [5.74, 6) is -1.02. The van der Waals surface area contributed by atoms with Crippen molar-refractivity contribution in [2.75, 3.05) is 13.1 Å². The van der Waals surface area contributed by atoms with Crippen molar-refractivity contribution < 1.29 is 18.0 Å². The number of amides is 1. The van der Waals surface area contributed by atoms with Gasteiger partial charge in [-0.3, -0.25) is 9.69 Å². The summed E-state index contributed by atoms with van der Waals surface area (Å²) in [4.78, 5) is 12.5. The van der Waals surface area contributed by atoms with Crippen LogP contribution >= 0.6 is 0 Å². The molecule has 0 radical (unpaired) electrons. The number of carbonyl (C=O) groups excluding carboxylic acids is 1. The Labute approximate surface area is 104 Å². The Bertz CT molecular complexity index is 296. The van der Waals surface area contributed by atoms with Gasteiger partial charge in [0.05, 0.1) is 5.92 Å². The highest BCUT2D eigenvalue weighted by Gasteiger charge is 2.46. The average molecular weight is 267 g/mol. The van der Waals surface area contributed by atoms with Gasteiger partial charge >= 0.3 is 6.18 Å². The Morgan fingerprint density at radius 2 is 2.06 bits per heavy atom. The third-order valence-electron chi connectivity index (χ3n) is 3.55. The maximum Gasteiger partial charge on any atom is 0.404 e. The van der Waals surface area contributed by atoms with E-state index in [0.717, 1.165) is 0 Å². The van der Waals surface area contributed by atoms with Crippen LogP contribution in [0.4, 0.5) is 13.2 Å². The molecule has 1 saturated heterocycles. The van der Waals surface area contributed by atoms with Crippen LogP contribution in [0.2, 0.25) is 0 Å².